The zero-order valence-corrected chi connectivity index (χ0v) is 13.6. The normalized spacial score (nSPS) is 18.0. The lowest BCUT2D eigenvalue weighted by Crippen LogP contribution is -2.32. The van der Waals surface area contributed by atoms with Gasteiger partial charge in [-0.05, 0) is 37.8 Å². The average molecular weight is 327 g/mol. The molecule has 1 fully saturated rings. The Labute approximate surface area is 136 Å². The van der Waals surface area contributed by atoms with Crippen LogP contribution < -0.4 is 10.6 Å². The van der Waals surface area contributed by atoms with E-state index in [-0.39, 0.29) is 12.1 Å². The Balaban J connectivity index is 1.80. The van der Waals surface area contributed by atoms with Gasteiger partial charge in [-0.25, -0.2) is 4.79 Å². The zero-order valence-electron chi connectivity index (χ0n) is 12.9. The number of nitrogens with one attached hydrogen (secondary N) is 2. The number of hydrogen-bond acceptors (Lipinski definition) is 3. The molecule has 0 saturated carbocycles. The van der Waals surface area contributed by atoms with Crippen LogP contribution in [0.15, 0.2) is 18.2 Å². The fourth-order valence-corrected chi connectivity index (χ4v) is 2.74. The van der Waals surface area contributed by atoms with Crippen molar-refractivity contribution in [1.29, 1.82) is 0 Å². The van der Waals surface area contributed by atoms with Crippen molar-refractivity contribution in [3.8, 4) is 0 Å². The molecule has 1 saturated heterocycles. The molecule has 1 aromatic rings. The third kappa shape index (κ3) is 5.16. The number of rotatable bonds is 6. The number of urea groups is 1. The van der Waals surface area contributed by atoms with Crippen molar-refractivity contribution in [2.45, 2.75) is 38.4 Å². The van der Waals surface area contributed by atoms with Crippen LogP contribution in [0.3, 0.4) is 0 Å². The molecule has 6 heteroatoms. The summed E-state index contributed by atoms with van der Waals surface area (Å²) in [7, 11) is 1.59. The summed E-state index contributed by atoms with van der Waals surface area (Å²) in [4.78, 5) is 12.0. The molecule has 22 heavy (non-hydrogen) atoms. The third-order valence-electron chi connectivity index (χ3n) is 3.68. The van der Waals surface area contributed by atoms with E-state index in [0.29, 0.717) is 23.9 Å². The van der Waals surface area contributed by atoms with Crippen molar-refractivity contribution in [2.24, 2.45) is 0 Å². The molecule has 0 aromatic heterocycles. The van der Waals surface area contributed by atoms with E-state index in [9.17, 15) is 4.79 Å². The van der Waals surface area contributed by atoms with Crippen LogP contribution >= 0.6 is 11.6 Å². The molecule has 0 bridgehead atoms. The second-order valence-corrected chi connectivity index (χ2v) is 5.76. The number of benzene rings is 1. The predicted molar refractivity (Wildman–Crippen MR) is 87.4 cm³/mol. The minimum atomic E-state index is -0.240. The standard InChI is InChI=1S/C16H23ClN2O3/c1-21-11-13-14(17)6-4-7-15(13)19-16(20)18-9-8-12-5-2-3-10-22-12/h4,6-7,12H,2-3,5,8-11H2,1H3,(H2,18,19,20)/t12-/m0/s1. The van der Waals surface area contributed by atoms with E-state index in [1.54, 1.807) is 19.2 Å². The Morgan fingerprint density at radius 1 is 1.45 bits per heavy atom. The Hall–Kier alpha value is -1.30. The Bertz CT molecular complexity index is 490. The number of carbonyl (C=O) groups excluding carboxylic acids is 1. The van der Waals surface area contributed by atoms with Crippen molar-refractivity contribution in [1.82, 2.24) is 5.32 Å². The number of anilines is 1. The molecule has 0 spiro atoms. The number of halogens is 1. The minimum Gasteiger partial charge on any atom is -0.380 e. The van der Waals surface area contributed by atoms with Gasteiger partial charge >= 0.3 is 6.03 Å². The summed E-state index contributed by atoms with van der Waals surface area (Å²) in [6.45, 7) is 1.78. The monoisotopic (exact) mass is 326 g/mol. The first-order valence-electron chi connectivity index (χ1n) is 7.63. The molecule has 0 radical (unpaired) electrons. The molecule has 1 atom stereocenters. The Morgan fingerprint density at radius 2 is 2.32 bits per heavy atom. The topological polar surface area (TPSA) is 59.6 Å². The Kier molecular flexibility index (Phi) is 6.96. The van der Waals surface area contributed by atoms with Crippen molar-refractivity contribution in [2.75, 3.05) is 25.6 Å². The molecular weight excluding hydrogens is 304 g/mol. The third-order valence-corrected chi connectivity index (χ3v) is 4.04. The summed E-state index contributed by atoms with van der Waals surface area (Å²) in [5.74, 6) is 0. The van der Waals surface area contributed by atoms with Gasteiger partial charge in [0.2, 0.25) is 0 Å². The van der Waals surface area contributed by atoms with E-state index in [4.69, 9.17) is 21.1 Å². The molecule has 0 unspecified atom stereocenters. The maximum atomic E-state index is 12.0. The Morgan fingerprint density at radius 3 is 3.05 bits per heavy atom. The summed E-state index contributed by atoms with van der Waals surface area (Å²) in [5.41, 5.74) is 1.44. The van der Waals surface area contributed by atoms with Crippen LogP contribution in [0, 0.1) is 0 Å². The molecule has 1 aromatic carbocycles. The van der Waals surface area contributed by atoms with Crippen molar-refractivity contribution in [3.05, 3.63) is 28.8 Å². The first-order valence-corrected chi connectivity index (χ1v) is 8.01. The fourth-order valence-electron chi connectivity index (χ4n) is 2.52. The summed E-state index contributed by atoms with van der Waals surface area (Å²) < 4.78 is 10.8. The molecule has 2 rings (SSSR count). The second-order valence-electron chi connectivity index (χ2n) is 5.36. The number of carbonyl (C=O) groups is 1. The van der Waals surface area contributed by atoms with Gasteiger partial charge in [0.25, 0.3) is 0 Å². The highest BCUT2D eigenvalue weighted by Crippen LogP contribution is 2.25. The lowest BCUT2D eigenvalue weighted by molar-refractivity contribution is 0.0120. The quantitative estimate of drug-likeness (QED) is 0.840. The van der Waals surface area contributed by atoms with E-state index >= 15 is 0 Å². The van der Waals surface area contributed by atoms with E-state index in [2.05, 4.69) is 10.6 Å². The van der Waals surface area contributed by atoms with Gasteiger partial charge in [0.05, 0.1) is 12.7 Å². The summed E-state index contributed by atoms with van der Waals surface area (Å²) in [5, 5.41) is 6.25. The number of amides is 2. The van der Waals surface area contributed by atoms with Gasteiger partial charge in [0.15, 0.2) is 0 Å². The first-order chi connectivity index (χ1) is 10.7. The van der Waals surface area contributed by atoms with Crippen molar-refractivity contribution < 1.29 is 14.3 Å². The van der Waals surface area contributed by atoms with Crippen LogP contribution in [0.4, 0.5) is 10.5 Å². The van der Waals surface area contributed by atoms with Crippen LogP contribution in [0.1, 0.15) is 31.2 Å². The van der Waals surface area contributed by atoms with Crippen LogP contribution in [0.2, 0.25) is 5.02 Å². The first kappa shape index (κ1) is 17.1. The molecular formula is C16H23ClN2O3. The van der Waals surface area contributed by atoms with Crippen LogP contribution in [-0.4, -0.2) is 32.4 Å². The van der Waals surface area contributed by atoms with Gasteiger partial charge < -0.3 is 20.1 Å². The molecule has 2 amide bonds. The van der Waals surface area contributed by atoms with Gasteiger partial charge in [0.1, 0.15) is 0 Å². The smallest absolute Gasteiger partial charge is 0.319 e. The van der Waals surface area contributed by atoms with E-state index < -0.39 is 0 Å². The lowest BCUT2D eigenvalue weighted by Gasteiger charge is -2.22. The lowest BCUT2D eigenvalue weighted by atomic mass is 10.1. The van der Waals surface area contributed by atoms with Gasteiger partial charge in [-0.2, -0.15) is 0 Å². The number of hydrogen-bond donors (Lipinski definition) is 2. The largest absolute Gasteiger partial charge is 0.380 e. The van der Waals surface area contributed by atoms with Crippen LogP contribution in [0.25, 0.3) is 0 Å². The SMILES string of the molecule is COCc1c(Cl)cccc1NC(=O)NCC[C@@H]1CCCCO1. The molecule has 1 heterocycles. The van der Waals surface area contributed by atoms with Gasteiger partial charge in [-0.3, -0.25) is 0 Å². The summed E-state index contributed by atoms with van der Waals surface area (Å²) in [6, 6.07) is 5.15. The van der Waals surface area contributed by atoms with Gasteiger partial charge in [-0.1, -0.05) is 17.7 Å². The van der Waals surface area contributed by atoms with Crippen LogP contribution in [-0.2, 0) is 16.1 Å². The summed E-state index contributed by atoms with van der Waals surface area (Å²) in [6.07, 6.45) is 4.54. The highest BCUT2D eigenvalue weighted by Gasteiger charge is 2.14. The van der Waals surface area contributed by atoms with Gasteiger partial charge in [0, 0.05) is 36.5 Å². The minimum absolute atomic E-state index is 0.240. The molecule has 122 valence electrons. The van der Waals surface area contributed by atoms with Crippen molar-refractivity contribution >= 4 is 23.3 Å². The fraction of sp³-hybridized carbons (Fsp3) is 0.562. The summed E-state index contributed by atoms with van der Waals surface area (Å²) >= 11 is 6.13. The molecule has 1 aliphatic heterocycles. The maximum absolute atomic E-state index is 12.0. The number of methoxy groups -OCH3 is 1. The highest BCUT2D eigenvalue weighted by atomic mass is 35.5. The number of ether oxygens (including phenoxy) is 2. The molecule has 1 aliphatic rings. The van der Waals surface area contributed by atoms with Crippen molar-refractivity contribution in [3.63, 3.8) is 0 Å². The predicted octanol–water partition coefficient (Wildman–Crippen LogP) is 3.57. The van der Waals surface area contributed by atoms with E-state index in [1.807, 2.05) is 6.07 Å². The van der Waals surface area contributed by atoms with Gasteiger partial charge in [-0.15, -0.1) is 0 Å². The second kappa shape index (κ2) is 8.98. The van der Waals surface area contributed by atoms with Crippen LogP contribution in [0.5, 0.6) is 0 Å². The molecule has 0 aliphatic carbocycles. The zero-order chi connectivity index (χ0) is 15.8. The van der Waals surface area contributed by atoms with E-state index in [1.165, 1.54) is 6.42 Å². The molecule has 2 N–H and O–H groups in total. The maximum Gasteiger partial charge on any atom is 0.319 e. The highest BCUT2D eigenvalue weighted by molar-refractivity contribution is 6.31. The molecule has 5 nitrogen and oxygen atoms in total. The average Bonchev–Trinajstić information content (AvgIpc) is 2.52. The van der Waals surface area contributed by atoms with E-state index in [0.717, 1.165) is 31.4 Å².